The molecule has 0 aromatic heterocycles. The highest BCUT2D eigenvalue weighted by atomic mass is 16.5. The highest BCUT2D eigenvalue weighted by molar-refractivity contribution is 5.81. The molecule has 1 amide bonds. The zero-order valence-electron chi connectivity index (χ0n) is 14.2. The van der Waals surface area contributed by atoms with E-state index < -0.39 is 0 Å². The quantitative estimate of drug-likeness (QED) is 0.764. The minimum Gasteiger partial charge on any atom is -0.381 e. The summed E-state index contributed by atoms with van der Waals surface area (Å²) in [5.41, 5.74) is 0.341. The van der Waals surface area contributed by atoms with E-state index in [1.807, 2.05) is 0 Å². The van der Waals surface area contributed by atoms with Gasteiger partial charge < -0.3 is 14.5 Å². The third kappa shape index (κ3) is 3.47. The average Bonchev–Trinajstić information content (AvgIpc) is 2.55. The highest BCUT2D eigenvalue weighted by Crippen LogP contribution is 2.39. The Hall–Kier alpha value is -0.650. The van der Waals surface area contributed by atoms with Gasteiger partial charge in [0.25, 0.3) is 0 Å². The standard InChI is InChI=1S/C17H31N3O2/c1-15(19-10-8-18(2)9-11-19)16(21)20-7-3-4-17(14-20)5-12-22-13-6-17/h15H,3-14H2,1-2H3/t15-/m1/s1. The van der Waals surface area contributed by atoms with Crippen LogP contribution in [0, 0.1) is 5.41 Å². The molecule has 5 heteroatoms. The molecule has 5 nitrogen and oxygen atoms in total. The maximum absolute atomic E-state index is 12.9. The average molecular weight is 309 g/mol. The van der Waals surface area contributed by atoms with E-state index in [9.17, 15) is 4.79 Å². The van der Waals surface area contributed by atoms with E-state index in [-0.39, 0.29) is 6.04 Å². The first-order valence-corrected chi connectivity index (χ1v) is 8.89. The van der Waals surface area contributed by atoms with Crippen molar-refractivity contribution in [1.82, 2.24) is 14.7 Å². The summed E-state index contributed by atoms with van der Waals surface area (Å²) in [6, 6.07) is 0.0312. The highest BCUT2D eigenvalue weighted by Gasteiger charge is 2.40. The Morgan fingerprint density at radius 3 is 2.41 bits per heavy atom. The summed E-state index contributed by atoms with van der Waals surface area (Å²) < 4.78 is 5.53. The summed E-state index contributed by atoms with van der Waals surface area (Å²) in [7, 11) is 2.16. The molecule has 0 radical (unpaired) electrons. The second-order valence-corrected chi connectivity index (χ2v) is 7.49. The van der Waals surface area contributed by atoms with E-state index in [0.29, 0.717) is 11.3 Å². The van der Waals surface area contributed by atoms with Gasteiger partial charge in [0.2, 0.25) is 5.91 Å². The smallest absolute Gasteiger partial charge is 0.239 e. The van der Waals surface area contributed by atoms with Crippen LogP contribution in [0.2, 0.25) is 0 Å². The van der Waals surface area contributed by atoms with Crippen LogP contribution in [0.15, 0.2) is 0 Å². The van der Waals surface area contributed by atoms with Gasteiger partial charge in [-0.1, -0.05) is 0 Å². The van der Waals surface area contributed by atoms with Gasteiger partial charge in [-0.15, -0.1) is 0 Å². The van der Waals surface area contributed by atoms with Crippen LogP contribution in [0.1, 0.15) is 32.6 Å². The molecule has 1 atom stereocenters. The monoisotopic (exact) mass is 309 g/mol. The number of carbonyl (C=O) groups excluding carboxylic acids is 1. The molecule has 1 spiro atoms. The van der Waals surface area contributed by atoms with Crippen molar-refractivity contribution in [3.63, 3.8) is 0 Å². The van der Waals surface area contributed by atoms with Crippen LogP contribution in [-0.2, 0) is 9.53 Å². The normalized spacial score (nSPS) is 28.7. The second kappa shape index (κ2) is 6.85. The minimum absolute atomic E-state index is 0.0312. The van der Waals surface area contributed by atoms with Gasteiger partial charge >= 0.3 is 0 Å². The predicted octanol–water partition coefficient (Wildman–Crippen LogP) is 1.04. The number of hydrogen-bond acceptors (Lipinski definition) is 4. The Balaban J connectivity index is 1.59. The molecule has 0 saturated carbocycles. The van der Waals surface area contributed by atoms with Crippen molar-refractivity contribution in [2.75, 3.05) is 59.5 Å². The molecular formula is C17H31N3O2. The number of piperidine rings is 1. The number of hydrogen-bond donors (Lipinski definition) is 0. The summed E-state index contributed by atoms with van der Waals surface area (Å²) in [4.78, 5) is 19.8. The van der Waals surface area contributed by atoms with E-state index in [1.165, 1.54) is 6.42 Å². The van der Waals surface area contributed by atoms with Crippen LogP contribution < -0.4 is 0 Å². The fraction of sp³-hybridized carbons (Fsp3) is 0.941. The third-order valence-electron chi connectivity index (χ3n) is 5.97. The summed E-state index contributed by atoms with van der Waals surface area (Å²) in [6.45, 7) is 9.89. The molecule has 3 aliphatic rings. The summed E-state index contributed by atoms with van der Waals surface area (Å²) in [5, 5.41) is 0. The van der Waals surface area contributed by atoms with Gasteiger partial charge in [0.05, 0.1) is 6.04 Å². The zero-order chi connectivity index (χ0) is 15.6. The molecular weight excluding hydrogens is 278 g/mol. The first-order chi connectivity index (χ1) is 10.6. The minimum atomic E-state index is 0.0312. The number of ether oxygens (including phenoxy) is 1. The molecule has 3 aliphatic heterocycles. The Morgan fingerprint density at radius 1 is 1.05 bits per heavy atom. The Labute approximate surface area is 134 Å². The number of amides is 1. The van der Waals surface area contributed by atoms with Crippen molar-refractivity contribution < 1.29 is 9.53 Å². The largest absolute Gasteiger partial charge is 0.381 e. The lowest BCUT2D eigenvalue weighted by molar-refractivity contribution is -0.142. The number of rotatable bonds is 2. The first-order valence-electron chi connectivity index (χ1n) is 8.89. The molecule has 3 fully saturated rings. The molecule has 0 bridgehead atoms. The fourth-order valence-corrected chi connectivity index (χ4v) is 4.24. The maximum atomic E-state index is 12.9. The van der Waals surface area contributed by atoms with Crippen LogP contribution >= 0.6 is 0 Å². The topological polar surface area (TPSA) is 36.0 Å². The van der Waals surface area contributed by atoms with Crippen LogP contribution in [0.5, 0.6) is 0 Å². The molecule has 126 valence electrons. The number of likely N-dealkylation sites (tertiary alicyclic amines) is 1. The molecule has 0 N–H and O–H groups in total. The van der Waals surface area contributed by atoms with Gasteiger partial charge in [-0.25, -0.2) is 0 Å². The van der Waals surface area contributed by atoms with Crippen molar-refractivity contribution in [2.24, 2.45) is 5.41 Å². The van der Waals surface area contributed by atoms with Gasteiger partial charge in [0.1, 0.15) is 0 Å². The van der Waals surface area contributed by atoms with Gasteiger partial charge in [0.15, 0.2) is 0 Å². The molecule has 0 unspecified atom stereocenters. The van der Waals surface area contributed by atoms with Crippen LogP contribution in [-0.4, -0.2) is 86.2 Å². The van der Waals surface area contributed by atoms with E-state index in [0.717, 1.165) is 71.7 Å². The Morgan fingerprint density at radius 2 is 1.73 bits per heavy atom. The fourth-order valence-electron chi connectivity index (χ4n) is 4.24. The third-order valence-corrected chi connectivity index (χ3v) is 5.97. The van der Waals surface area contributed by atoms with Crippen molar-refractivity contribution >= 4 is 5.91 Å². The molecule has 22 heavy (non-hydrogen) atoms. The van der Waals surface area contributed by atoms with Crippen molar-refractivity contribution in [3.8, 4) is 0 Å². The molecule has 0 aliphatic carbocycles. The van der Waals surface area contributed by atoms with Crippen LogP contribution in [0.3, 0.4) is 0 Å². The number of likely N-dealkylation sites (N-methyl/N-ethyl adjacent to an activating group) is 1. The van der Waals surface area contributed by atoms with Crippen molar-refractivity contribution in [3.05, 3.63) is 0 Å². The number of nitrogens with zero attached hydrogens (tertiary/aromatic N) is 3. The maximum Gasteiger partial charge on any atom is 0.239 e. The van der Waals surface area contributed by atoms with Crippen molar-refractivity contribution in [1.29, 1.82) is 0 Å². The number of piperazine rings is 1. The Kier molecular flexibility index (Phi) is 5.05. The van der Waals surface area contributed by atoms with Gasteiger partial charge in [-0.3, -0.25) is 9.69 Å². The summed E-state index contributed by atoms with van der Waals surface area (Å²) >= 11 is 0. The molecule has 3 saturated heterocycles. The Bertz CT molecular complexity index is 382. The number of carbonyl (C=O) groups is 1. The van der Waals surface area contributed by atoms with Crippen LogP contribution in [0.4, 0.5) is 0 Å². The van der Waals surface area contributed by atoms with E-state index >= 15 is 0 Å². The molecule has 0 aromatic carbocycles. The van der Waals surface area contributed by atoms with Crippen LogP contribution in [0.25, 0.3) is 0 Å². The lowest BCUT2D eigenvalue weighted by Crippen LogP contribution is -2.56. The lowest BCUT2D eigenvalue weighted by Gasteiger charge is -2.46. The van der Waals surface area contributed by atoms with Crippen molar-refractivity contribution in [2.45, 2.75) is 38.6 Å². The van der Waals surface area contributed by atoms with Gasteiger partial charge in [-0.2, -0.15) is 0 Å². The molecule has 0 aromatic rings. The lowest BCUT2D eigenvalue weighted by atomic mass is 9.74. The van der Waals surface area contributed by atoms with E-state index in [4.69, 9.17) is 4.74 Å². The second-order valence-electron chi connectivity index (χ2n) is 7.49. The zero-order valence-corrected chi connectivity index (χ0v) is 14.2. The molecule has 3 rings (SSSR count). The van der Waals surface area contributed by atoms with Gasteiger partial charge in [0, 0.05) is 52.5 Å². The first kappa shape index (κ1) is 16.2. The van der Waals surface area contributed by atoms with Gasteiger partial charge in [-0.05, 0) is 45.1 Å². The van der Waals surface area contributed by atoms with E-state index in [2.05, 4.69) is 28.7 Å². The predicted molar refractivity (Wildman–Crippen MR) is 86.8 cm³/mol. The SMILES string of the molecule is C[C@H](C(=O)N1CCCC2(CCOCC2)C1)N1CCN(C)CC1. The molecule has 3 heterocycles. The van der Waals surface area contributed by atoms with E-state index in [1.54, 1.807) is 0 Å². The summed E-state index contributed by atoms with van der Waals surface area (Å²) in [5.74, 6) is 0.343. The summed E-state index contributed by atoms with van der Waals surface area (Å²) in [6.07, 6.45) is 4.67.